The highest BCUT2D eigenvalue weighted by Crippen LogP contribution is 2.37. The Labute approximate surface area is 117 Å². The fourth-order valence-corrected chi connectivity index (χ4v) is 2.68. The van der Waals surface area contributed by atoms with Crippen LogP contribution < -0.4 is 5.32 Å². The molecule has 19 heavy (non-hydrogen) atoms. The van der Waals surface area contributed by atoms with Crippen molar-refractivity contribution in [1.82, 2.24) is 4.98 Å². The van der Waals surface area contributed by atoms with Gasteiger partial charge in [0.05, 0.1) is 11.6 Å². The Hall–Kier alpha value is -1.21. The topological polar surface area (TPSA) is 24.9 Å². The molecule has 102 valence electrons. The quantitative estimate of drug-likeness (QED) is 0.811. The Morgan fingerprint density at radius 1 is 1.26 bits per heavy atom. The molecule has 0 spiro atoms. The molecular formula is C12H11F3N2S2. The van der Waals surface area contributed by atoms with Gasteiger partial charge in [0.1, 0.15) is 0 Å². The maximum Gasteiger partial charge on any atom is 0.446 e. The number of hydrogen-bond acceptors (Lipinski definition) is 4. The lowest BCUT2D eigenvalue weighted by Crippen LogP contribution is -2.04. The van der Waals surface area contributed by atoms with Gasteiger partial charge in [-0.05, 0) is 43.0 Å². The van der Waals surface area contributed by atoms with E-state index in [0.717, 1.165) is 10.6 Å². The van der Waals surface area contributed by atoms with E-state index in [0.29, 0.717) is 0 Å². The first-order valence-corrected chi connectivity index (χ1v) is 7.14. The van der Waals surface area contributed by atoms with E-state index in [4.69, 9.17) is 0 Å². The largest absolute Gasteiger partial charge is 0.446 e. The summed E-state index contributed by atoms with van der Waals surface area (Å²) in [4.78, 5) is 5.25. The molecule has 0 aliphatic heterocycles. The van der Waals surface area contributed by atoms with Crippen LogP contribution in [0.15, 0.2) is 40.9 Å². The van der Waals surface area contributed by atoms with Crippen LogP contribution in [-0.2, 0) is 0 Å². The highest BCUT2D eigenvalue weighted by Gasteiger charge is 2.28. The molecular weight excluding hydrogens is 293 g/mol. The molecule has 0 aliphatic carbocycles. The van der Waals surface area contributed by atoms with Gasteiger partial charge in [0.15, 0.2) is 0 Å². The number of nitrogens with zero attached hydrogens (tertiary/aromatic N) is 1. The van der Waals surface area contributed by atoms with Crippen LogP contribution in [0.3, 0.4) is 0 Å². The van der Waals surface area contributed by atoms with Crippen LogP contribution in [0.1, 0.15) is 17.8 Å². The molecule has 0 saturated heterocycles. The summed E-state index contributed by atoms with van der Waals surface area (Å²) in [5.74, 6) is 0. The van der Waals surface area contributed by atoms with E-state index in [1.807, 2.05) is 6.92 Å². The minimum atomic E-state index is -4.25. The minimum Gasteiger partial charge on any atom is -0.378 e. The van der Waals surface area contributed by atoms with Crippen molar-refractivity contribution in [1.29, 1.82) is 0 Å². The Bertz CT molecular complexity index is 509. The lowest BCUT2D eigenvalue weighted by Gasteiger charge is -2.13. The average Bonchev–Trinajstić information content (AvgIpc) is 2.83. The summed E-state index contributed by atoms with van der Waals surface area (Å²) in [6.45, 7) is 1.98. The summed E-state index contributed by atoms with van der Waals surface area (Å²) < 4.78 is 36.5. The van der Waals surface area contributed by atoms with Gasteiger partial charge in [-0.3, -0.25) is 4.98 Å². The fraction of sp³-hybridized carbons (Fsp3) is 0.250. The molecule has 2 nitrogen and oxygen atoms in total. The van der Waals surface area contributed by atoms with Gasteiger partial charge in [-0.25, -0.2) is 0 Å². The number of anilines is 1. The third-order valence-corrected chi connectivity index (χ3v) is 4.05. The summed E-state index contributed by atoms with van der Waals surface area (Å²) in [5, 5.41) is 3.21. The normalized spacial score (nSPS) is 13.3. The lowest BCUT2D eigenvalue weighted by atomic mass is 10.2. The average molecular weight is 304 g/mol. The number of benzene rings is 1. The first-order chi connectivity index (χ1) is 8.94. The van der Waals surface area contributed by atoms with Crippen molar-refractivity contribution in [2.45, 2.75) is 23.4 Å². The third-order valence-electron chi connectivity index (χ3n) is 2.35. The molecule has 1 unspecified atom stereocenters. The van der Waals surface area contributed by atoms with E-state index in [9.17, 15) is 13.2 Å². The van der Waals surface area contributed by atoms with E-state index >= 15 is 0 Å². The SMILES string of the molecule is CC(Nc1ccc(SC(F)(F)F)cc1)c1cncs1. The molecule has 1 aromatic heterocycles. The van der Waals surface area contributed by atoms with Crippen LogP contribution in [0, 0.1) is 0 Å². The molecule has 0 bridgehead atoms. The van der Waals surface area contributed by atoms with Gasteiger partial charge in [-0.1, -0.05) is 0 Å². The Morgan fingerprint density at radius 3 is 2.47 bits per heavy atom. The van der Waals surface area contributed by atoms with Gasteiger partial charge in [0.25, 0.3) is 0 Å². The molecule has 2 aromatic rings. The van der Waals surface area contributed by atoms with Crippen LogP contribution >= 0.6 is 23.1 Å². The summed E-state index contributed by atoms with van der Waals surface area (Å²) >= 11 is 1.43. The second-order valence-corrected chi connectivity index (χ2v) is 5.90. The Balaban J connectivity index is 1.99. The number of halogens is 3. The Morgan fingerprint density at radius 2 is 1.95 bits per heavy atom. The number of nitrogens with one attached hydrogen (secondary N) is 1. The molecule has 0 fully saturated rings. The third kappa shape index (κ3) is 4.43. The van der Waals surface area contributed by atoms with E-state index in [1.165, 1.54) is 23.5 Å². The van der Waals surface area contributed by atoms with E-state index in [2.05, 4.69) is 10.3 Å². The van der Waals surface area contributed by atoms with Gasteiger partial charge in [0, 0.05) is 21.7 Å². The molecule has 0 saturated carbocycles. The van der Waals surface area contributed by atoms with Gasteiger partial charge >= 0.3 is 5.51 Å². The maximum absolute atomic E-state index is 12.2. The molecule has 7 heteroatoms. The first kappa shape index (κ1) is 14.2. The summed E-state index contributed by atoms with van der Waals surface area (Å²) in [6.07, 6.45) is 1.77. The number of aromatic nitrogens is 1. The smallest absolute Gasteiger partial charge is 0.378 e. The van der Waals surface area contributed by atoms with Crippen LogP contribution in [0.2, 0.25) is 0 Å². The van der Waals surface area contributed by atoms with Crippen molar-refractivity contribution in [3.05, 3.63) is 40.8 Å². The molecule has 1 atom stereocenters. The highest BCUT2D eigenvalue weighted by molar-refractivity contribution is 8.00. The zero-order valence-electron chi connectivity index (χ0n) is 9.94. The van der Waals surface area contributed by atoms with Crippen LogP contribution in [0.5, 0.6) is 0 Å². The number of thioether (sulfide) groups is 1. The molecule has 1 heterocycles. The van der Waals surface area contributed by atoms with Crippen molar-refractivity contribution in [3.63, 3.8) is 0 Å². The predicted octanol–water partition coefficient (Wildman–Crippen LogP) is 4.93. The second-order valence-electron chi connectivity index (χ2n) is 3.84. The summed E-state index contributed by atoms with van der Waals surface area (Å²) in [6, 6.07) is 6.28. The van der Waals surface area contributed by atoms with Gasteiger partial charge in [-0.15, -0.1) is 11.3 Å². The number of rotatable bonds is 4. The number of alkyl halides is 3. The molecule has 2 rings (SSSR count). The van der Waals surface area contributed by atoms with Gasteiger partial charge in [0.2, 0.25) is 0 Å². The van der Waals surface area contributed by atoms with Crippen LogP contribution in [0.4, 0.5) is 18.9 Å². The molecule has 0 aliphatic rings. The van der Waals surface area contributed by atoms with Crippen molar-refractivity contribution in [2.75, 3.05) is 5.32 Å². The molecule has 0 amide bonds. The monoisotopic (exact) mass is 304 g/mol. The van der Waals surface area contributed by atoms with Gasteiger partial charge < -0.3 is 5.32 Å². The standard InChI is InChI=1S/C12H11F3N2S2/c1-8(11-6-16-7-18-11)17-9-2-4-10(5-3-9)19-12(13,14)15/h2-8,17H,1H3. The predicted molar refractivity (Wildman–Crippen MR) is 72.5 cm³/mol. The maximum atomic E-state index is 12.2. The summed E-state index contributed by atoms with van der Waals surface area (Å²) in [5.41, 5.74) is -1.71. The zero-order valence-corrected chi connectivity index (χ0v) is 11.6. The van der Waals surface area contributed by atoms with Crippen LogP contribution in [-0.4, -0.2) is 10.5 Å². The van der Waals surface area contributed by atoms with E-state index in [-0.39, 0.29) is 22.7 Å². The second kappa shape index (κ2) is 5.83. The van der Waals surface area contributed by atoms with E-state index < -0.39 is 5.51 Å². The van der Waals surface area contributed by atoms with Crippen molar-refractivity contribution >= 4 is 28.8 Å². The van der Waals surface area contributed by atoms with Gasteiger partial charge in [-0.2, -0.15) is 13.2 Å². The Kier molecular flexibility index (Phi) is 4.36. The number of hydrogen-bond donors (Lipinski definition) is 1. The number of thiazole rings is 1. The molecule has 0 radical (unpaired) electrons. The van der Waals surface area contributed by atoms with E-state index in [1.54, 1.807) is 23.8 Å². The lowest BCUT2D eigenvalue weighted by molar-refractivity contribution is -0.0328. The van der Waals surface area contributed by atoms with Crippen molar-refractivity contribution in [2.24, 2.45) is 0 Å². The summed E-state index contributed by atoms with van der Waals surface area (Å²) in [7, 11) is 0. The zero-order chi connectivity index (χ0) is 13.9. The minimum absolute atomic E-state index is 0.0774. The molecule has 1 aromatic carbocycles. The highest BCUT2D eigenvalue weighted by atomic mass is 32.2. The van der Waals surface area contributed by atoms with Crippen LogP contribution in [0.25, 0.3) is 0 Å². The van der Waals surface area contributed by atoms with Crippen molar-refractivity contribution in [3.8, 4) is 0 Å². The first-order valence-electron chi connectivity index (χ1n) is 5.45. The molecule has 1 N–H and O–H groups in total. The fourth-order valence-electron chi connectivity index (χ4n) is 1.51. The van der Waals surface area contributed by atoms with Crippen molar-refractivity contribution < 1.29 is 13.2 Å².